The highest BCUT2D eigenvalue weighted by Crippen LogP contribution is 2.38. The molecular formula is C26H24N4O3. The van der Waals surface area contributed by atoms with Gasteiger partial charge in [-0.1, -0.05) is 6.07 Å². The number of piperidine rings is 1. The second kappa shape index (κ2) is 8.47. The lowest BCUT2D eigenvalue weighted by molar-refractivity contribution is 0.102. The number of anilines is 2. The van der Waals surface area contributed by atoms with E-state index in [1.807, 2.05) is 28.8 Å². The van der Waals surface area contributed by atoms with E-state index >= 15 is 0 Å². The summed E-state index contributed by atoms with van der Waals surface area (Å²) in [5, 5.41) is 12.7. The van der Waals surface area contributed by atoms with Gasteiger partial charge in [-0.15, -0.1) is 0 Å². The van der Waals surface area contributed by atoms with Gasteiger partial charge in [-0.25, -0.2) is 0 Å². The molecule has 0 unspecified atom stereocenters. The molecule has 3 heterocycles. The van der Waals surface area contributed by atoms with Gasteiger partial charge in [-0.3, -0.25) is 9.59 Å². The summed E-state index contributed by atoms with van der Waals surface area (Å²) in [6.45, 7) is 2.26. The van der Waals surface area contributed by atoms with Crippen molar-refractivity contribution in [2.75, 3.05) is 30.4 Å². The third-order valence-corrected chi connectivity index (χ3v) is 6.55. The predicted octanol–water partition coefficient (Wildman–Crippen LogP) is 3.60. The molecule has 1 N–H and O–H groups in total. The number of amides is 1. The molecule has 5 rings (SSSR count). The summed E-state index contributed by atoms with van der Waals surface area (Å²) < 4.78 is 7.03. The molecule has 0 spiro atoms. The average molecular weight is 441 g/mol. The van der Waals surface area contributed by atoms with Gasteiger partial charge < -0.3 is 19.5 Å². The quantitative estimate of drug-likeness (QED) is 0.670. The van der Waals surface area contributed by atoms with Crippen LogP contribution in [0.4, 0.5) is 11.4 Å². The molecule has 7 nitrogen and oxygen atoms in total. The van der Waals surface area contributed by atoms with E-state index in [0.717, 1.165) is 30.9 Å². The molecule has 1 amide bonds. The van der Waals surface area contributed by atoms with Crippen LogP contribution in [0.3, 0.4) is 0 Å². The number of nitrogens with zero attached hydrogens (tertiary/aromatic N) is 3. The summed E-state index contributed by atoms with van der Waals surface area (Å²) in [5.74, 6) is 1.05. The smallest absolute Gasteiger partial charge is 0.255 e. The van der Waals surface area contributed by atoms with Gasteiger partial charge in [0.25, 0.3) is 11.5 Å². The van der Waals surface area contributed by atoms with Crippen molar-refractivity contribution >= 4 is 17.3 Å². The number of carbonyl (C=O) groups is 1. The van der Waals surface area contributed by atoms with Crippen molar-refractivity contribution in [1.82, 2.24) is 4.57 Å². The zero-order valence-corrected chi connectivity index (χ0v) is 18.3. The fourth-order valence-electron chi connectivity index (χ4n) is 5.02. The lowest BCUT2D eigenvalue weighted by Crippen LogP contribution is -2.47. The third kappa shape index (κ3) is 3.96. The number of fused-ring (bicyclic) bond motifs is 4. The van der Waals surface area contributed by atoms with Crippen molar-refractivity contribution < 1.29 is 9.53 Å². The molecule has 2 atom stereocenters. The largest absolute Gasteiger partial charge is 0.497 e. The molecule has 1 fully saturated rings. The number of aromatic nitrogens is 1. The first-order valence-corrected chi connectivity index (χ1v) is 11.0. The van der Waals surface area contributed by atoms with E-state index in [0.29, 0.717) is 35.0 Å². The lowest BCUT2D eigenvalue weighted by Gasteiger charge is -2.44. The summed E-state index contributed by atoms with van der Waals surface area (Å²) >= 11 is 0. The molecule has 1 aromatic heterocycles. The molecule has 0 radical (unpaired) electrons. The highest BCUT2D eigenvalue weighted by Gasteiger charge is 2.35. The minimum absolute atomic E-state index is 0.0605. The van der Waals surface area contributed by atoms with Crippen LogP contribution in [0.15, 0.2) is 65.5 Å². The maximum absolute atomic E-state index is 12.6. The number of ether oxygens (including phenoxy) is 1. The first-order valence-electron chi connectivity index (χ1n) is 11.0. The van der Waals surface area contributed by atoms with Crippen molar-refractivity contribution in [2.24, 2.45) is 5.92 Å². The van der Waals surface area contributed by atoms with E-state index < -0.39 is 0 Å². The molecule has 166 valence electrons. The van der Waals surface area contributed by atoms with Crippen molar-refractivity contribution in [3.8, 4) is 11.8 Å². The number of pyridine rings is 1. The van der Waals surface area contributed by atoms with Gasteiger partial charge in [0.15, 0.2) is 0 Å². The standard InChI is InChI=1S/C26H24N4O3/c1-33-22-8-5-18(6-9-22)26(32)28-21-7-10-23(19(12-21)13-27)29-14-17-11-20(16-29)24-3-2-4-25(31)30(24)15-17/h2-10,12,17,20H,11,14-16H2,1H3,(H,28,32)/t17-,20+/m1/s1. The van der Waals surface area contributed by atoms with Gasteiger partial charge >= 0.3 is 0 Å². The van der Waals surface area contributed by atoms with Gasteiger partial charge in [0, 0.05) is 48.6 Å². The normalized spacial score (nSPS) is 18.7. The van der Waals surface area contributed by atoms with Crippen molar-refractivity contribution in [2.45, 2.75) is 18.9 Å². The molecule has 0 saturated carbocycles. The average Bonchev–Trinajstić information content (AvgIpc) is 2.84. The summed E-state index contributed by atoms with van der Waals surface area (Å²) in [6.07, 6.45) is 1.05. The van der Waals surface area contributed by atoms with Crippen LogP contribution >= 0.6 is 0 Å². The Morgan fingerprint density at radius 2 is 1.91 bits per heavy atom. The zero-order valence-electron chi connectivity index (χ0n) is 18.3. The monoisotopic (exact) mass is 440 g/mol. The van der Waals surface area contributed by atoms with E-state index in [1.54, 1.807) is 43.5 Å². The Balaban J connectivity index is 1.36. The number of carbonyl (C=O) groups excluding carboxylic acids is 1. The molecule has 1 saturated heterocycles. The highest BCUT2D eigenvalue weighted by atomic mass is 16.5. The fraction of sp³-hybridized carbons (Fsp3) is 0.269. The van der Waals surface area contributed by atoms with Crippen LogP contribution in [0, 0.1) is 17.2 Å². The predicted molar refractivity (Wildman–Crippen MR) is 126 cm³/mol. The topological polar surface area (TPSA) is 87.4 Å². The van der Waals surface area contributed by atoms with Gasteiger partial charge in [-0.05, 0) is 60.9 Å². The minimum atomic E-state index is -0.246. The number of nitrogens with one attached hydrogen (secondary N) is 1. The Kier molecular flexibility index (Phi) is 5.35. The molecule has 2 bridgehead atoms. The Morgan fingerprint density at radius 1 is 1.09 bits per heavy atom. The first kappa shape index (κ1) is 20.8. The number of rotatable bonds is 4. The number of hydrogen-bond donors (Lipinski definition) is 1. The van der Waals surface area contributed by atoms with Gasteiger partial charge in [0.05, 0.1) is 18.4 Å². The molecule has 2 aliphatic rings. The van der Waals surface area contributed by atoms with Crippen molar-refractivity contribution in [3.63, 3.8) is 0 Å². The maximum Gasteiger partial charge on any atom is 0.255 e. The first-order chi connectivity index (χ1) is 16.1. The van der Waals surface area contributed by atoms with Crippen molar-refractivity contribution in [1.29, 1.82) is 5.26 Å². The number of methoxy groups -OCH3 is 1. The van der Waals surface area contributed by atoms with Crippen LogP contribution in [0.25, 0.3) is 0 Å². The molecule has 2 aromatic carbocycles. The van der Waals surface area contributed by atoms with E-state index in [2.05, 4.69) is 16.3 Å². The Labute approximate surface area is 191 Å². The molecule has 7 heteroatoms. The Hall–Kier alpha value is -4.05. The zero-order chi connectivity index (χ0) is 22.9. The second-order valence-electron chi connectivity index (χ2n) is 8.63. The Bertz CT molecular complexity index is 1310. The highest BCUT2D eigenvalue weighted by molar-refractivity contribution is 6.04. The SMILES string of the molecule is COc1ccc(C(=O)Nc2ccc(N3C[C@H]4C[C@@H](C3)c3cccc(=O)n3C4)c(C#N)c2)cc1. The summed E-state index contributed by atoms with van der Waals surface area (Å²) in [4.78, 5) is 27.1. The van der Waals surface area contributed by atoms with Crippen LogP contribution < -0.4 is 20.5 Å². The summed E-state index contributed by atoms with van der Waals surface area (Å²) in [5.41, 5.74) is 3.60. The number of benzene rings is 2. The molecule has 3 aromatic rings. The molecule has 33 heavy (non-hydrogen) atoms. The molecule has 0 aliphatic carbocycles. The van der Waals surface area contributed by atoms with Gasteiger partial charge in [0.1, 0.15) is 11.8 Å². The second-order valence-corrected chi connectivity index (χ2v) is 8.63. The molecule has 2 aliphatic heterocycles. The van der Waals surface area contributed by atoms with Crippen molar-refractivity contribution in [3.05, 3.63) is 87.8 Å². The minimum Gasteiger partial charge on any atom is -0.497 e. The fourth-order valence-corrected chi connectivity index (χ4v) is 5.02. The van der Waals surface area contributed by atoms with E-state index in [1.165, 1.54) is 0 Å². The van der Waals surface area contributed by atoms with Gasteiger partial charge in [-0.2, -0.15) is 5.26 Å². The maximum atomic E-state index is 12.6. The number of nitriles is 1. The number of hydrogen-bond acceptors (Lipinski definition) is 5. The van der Waals surface area contributed by atoms with Crippen LogP contribution in [0.2, 0.25) is 0 Å². The van der Waals surface area contributed by atoms with Gasteiger partial charge in [0.2, 0.25) is 0 Å². The van der Waals surface area contributed by atoms with Crippen LogP contribution in [0.1, 0.15) is 34.0 Å². The third-order valence-electron chi connectivity index (χ3n) is 6.55. The Morgan fingerprint density at radius 3 is 2.67 bits per heavy atom. The summed E-state index contributed by atoms with van der Waals surface area (Å²) in [7, 11) is 1.58. The summed E-state index contributed by atoms with van der Waals surface area (Å²) in [6, 6.07) is 20.1. The lowest BCUT2D eigenvalue weighted by atomic mass is 9.82. The van der Waals surface area contributed by atoms with E-state index in [4.69, 9.17) is 4.74 Å². The van der Waals surface area contributed by atoms with E-state index in [9.17, 15) is 14.9 Å². The van der Waals surface area contributed by atoms with Crippen LogP contribution in [0.5, 0.6) is 5.75 Å². The van der Waals surface area contributed by atoms with Crippen LogP contribution in [-0.2, 0) is 6.54 Å². The van der Waals surface area contributed by atoms with Crippen LogP contribution in [-0.4, -0.2) is 30.7 Å². The molecular weight excluding hydrogens is 416 g/mol. The van der Waals surface area contributed by atoms with E-state index in [-0.39, 0.29) is 17.4 Å².